The zero-order valence-corrected chi connectivity index (χ0v) is 54.8. The van der Waals surface area contributed by atoms with Gasteiger partial charge in [0.1, 0.15) is 49.2 Å². The van der Waals surface area contributed by atoms with Crippen LogP contribution >= 0.6 is 13.4 Å². The van der Waals surface area contributed by atoms with Crippen LogP contribution in [0.2, 0.25) is 0 Å². The summed E-state index contributed by atoms with van der Waals surface area (Å²) in [6.07, 6.45) is -14.1. The molecule has 0 aliphatic carbocycles. The Kier molecular flexibility index (Phi) is 24.5. The lowest BCUT2D eigenvalue weighted by Gasteiger charge is -2.30. The Labute approximate surface area is 548 Å². The van der Waals surface area contributed by atoms with E-state index in [1.807, 2.05) is 0 Å². The Balaban J connectivity index is 0.872. The second kappa shape index (κ2) is 31.8. The van der Waals surface area contributed by atoms with Crippen LogP contribution in [-0.2, 0) is 102 Å². The van der Waals surface area contributed by atoms with Crippen molar-refractivity contribution in [2.24, 2.45) is 23.5 Å². The average Bonchev–Trinajstić information content (AvgIpc) is 1.62. The number of imidazole rings is 2. The van der Waals surface area contributed by atoms with Crippen molar-refractivity contribution in [2.75, 3.05) is 51.4 Å². The lowest BCUT2D eigenvalue weighted by Crippen LogP contribution is -2.46. The number of carbonyl (C=O) groups excluding carboxylic acids is 7. The molecule has 3 aliphatic heterocycles. The highest BCUT2D eigenvalue weighted by Gasteiger charge is 2.55. The molecule has 95 heavy (non-hydrogen) atoms. The molecular formula is C54H71FN14O22P2S2. The Morgan fingerprint density at radius 2 is 1.38 bits per heavy atom. The molecule has 7 heterocycles. The van der Waals surface area contributed by atoms with E-state index >= 15 is 4.39 Å². The number of hydrogen-bond donors (Lipinski definition) is 10. The third-order valence-corrected chi connectivity index (χ3v) is 18.6. The third-order valence-electron chi connectivity index (χ3n) is 15.4. The summed E-state index contributed by atoms with van der Waals surface area (Å²) < 4.78 is 70.5. The summed E-state index contributed by atoms with van der Waals surface area (Å²) in [5.74, 6) is -5.14. The fourth-order valence-electron chi connectivity index (χ4n) is 10.5. The van der Waals surface area contributed by atoms with E-state index < -0.39 is 142 Å². The summed E-state index contributed by atoms with van der Waals surface area (Å²) in [4.78, 5) is 173. The molecule has 3 fully saturated rings. The highest BCUT2D eigenvalue weighted by Crippen LogP contribution is 2.55. The average molecular weight is 1410 g/mol. The minimum atomic E-state index is -4.60. The van der Waals surface area contributed by atoms with Crippen molar-refractivity contribution < 1.29 is 99.4 Å². The number of nitrogens with two attached hydrogens (primary N) is 3. The second-order valence-corrected chi connectivity index (χ2v) is 28.4. The lowest BCUT2D eigenvalue weighted by atomic mass is 9.87. The summed E-state index contributed by atoms with van der Waals surface area (Å²) in [5, 5.41) is 14.2. The van der Waals surface area contributed by atoms with Crippen molar-refractivity contribution in [1.82, 2.24) is 54.6 Å². The standard InChI is InChI=1S/C54H71FN14O22P2S2/c1-25(2)30(19-29(70)7-5-9-32(71)26(3)17-36(73)74)45(75)62-31(8-6-14-59-52(58)78)33(72)18-27-10-12-28(13-11-27)20-84-53(79)67(4)15-16-83-54(80)89-42-41-35(88-49(42)69-24-61-39-44(69)64-51(57)66-47(39)77)22-86-92(81,94)90-40-34(21-85-93(82,95)91-41)87-48(37(40)55)68-23-60-38-43(68)63-50(56)65-46(38)76/h10-13,23-26,30-31,34-35,37,40-42,48-49H,5-9,14-22H2,1-4H3,(H,62,75)(H,73,74)(H,81,94)(H,82,95)(H3,58,59,78)(H3,56,63,65,76)(H3,57,64,66,77)/t26?,30-,31-,34+,35+,37+,40+,41+,42+,48+,49+,92?,93?/m0/s1. The molecular weight excluding hydrogens is 1340 g/mol. The number of anilines is 2. The number of fused-ring (bicyclic) bond motifs is 4. The molecule has 1 aromatic carbocycles. The van der Waals surface area contributed by atoms with E-state index in [1.54, 1.807) is 38.1 Å². The van der Waals surface area contributed by atoms with Crippen molar-refractivity contribution in [2.45, 2.75) is 134 Å². The van der Waals surface area contributed by atoms with Gasteiger partial charge in [-0.2, -0.15) is 9.97 Å². The highest BCUT2D eigenvalue weighted by molar-refractivity contribution is 8.07. The zero-order chi connectivity index (χ0) is 69.2. The maximum atomic E-state index is 16.5. The molecule has 0 radical (unpaired) electrons. The van der Waals surface area contributed by atoms with Crippen LogP contribution in [0.1, 0.15) is 89.3 Å². The number of primary amides is 1. The van der Waals surface area contributed by atoms with Crippen LogP contribution < -0.4 is 39.0 Å². The topological polar surface area (TPSA) is 513 Å². The van der Waals surface area contributed by atoms with Crippen LogP contribution in [0, 0.1) is 17.8 Å². The molecule has 4 amide bonds. The minimum absolute atomic E-state index is 0.00684. The Morgan fingerprint density at radius 3 is 1.97 bits per heavy atom. The molecule has 41 heteroatoms. The quantitative estimate of drug-likeness (QED) is 0.0203. The molecule has 5 aromatic rings. The number of ether oxygens (including phenoxy) is 5. The number of urea groups is 1. The Morgan fingerprint density at radius 1 is 0.811 bits per heavy atom. The number of hydrogen-bond acceptors (Lipinski definition) is 27. The molecule has 8 rings (SSSR count). The predicted octanol–water partition coefficient (Wildman–Crippen LogP) is 1.72. The fraction of sp³-hybridized carbons (Fsp3) is 0.556. The van der Waals surface area contributed by atoms with Gasteiger partial charge < -0.3 is 80.4 Å². The maximum absolute atomic E-state index is 16.5. The summed E-state index contributed by atoms with van der Waals surface area (Å²) >= 11 is 10.7. The largest absolute Gasteiger partial charge is 0.508 e. The second-order valence-electron chi connectivity index (χ2n) is 22.8. The third kappa shape index (κ3) is 19.2. The normalized spacial score (nSPS) is 24.6. The first kappa shape index (κ1) is 73.0. The number of aromatic nitrogens is 8. The Hall–Kier alpha value is -7.81. The van der Waals surface area contributed by atoms with Gasteiger partial charge in [-0.15, -0.1) is 0 Å². The lowest BCUT2D eigenvalue weighted by molar-refractivity contribution is -0.140. The van der Waals surface area contributed by atoms with E-state index in [4.69, 9.17) is 87.7 Å². The number of carbonyl (C=O) groups is 8. The number of amides is 4. The van der Waals surface area contributed by atoms with E-state index in [0.717, 1.165) is 26.7 Å². The number of nitrogens with one attached hydrogen (secondary N) is 4. The van der Waals surface area contributed by atoms with Gasteiger partial charge >= 0.3 is 37.7 Å². The molecule has 0 spiro atoms. The number of nitrogens with zero attached hydrogens (tertiary/aromatic N) is 7. The van der Waals surface area contributed by atoms with Crippen LogP contribution in [0.4, 0.5) is 30.7 Å². The van der Waals surface area contributed by atoms with Gasteiger partial charge in [-0.1, -0.05) is 45.0 Å². The highest BCUT2D eigenvalue weighted by atomic mass is 32.5. The van der Waals surface area contributed by atoms with Gasteiger partial charge in [-0.25, -0.2) is 28.7 Å². The van der Waals surface area contributed by atoms with Crippen LogP contribution in [0.25, 0.3) is 22.3 Å². The molecule has 518 valence electrons. The molecule has 36 nitrogen and oxygen atoms in total. The van der Waals surface area contributed by atoms with Gasteiger partial charge in [0.2, 0.25) is 17.8 Å². The van der Waals surface area contributed by atoms with E-state index in [2.05, 4.69) is 40.5 Å². The summed E-state index contributed by atoms with van der Waals surface area (Å²) in [7, 11) is 1.34. The van der Waals surface area contributed by atoms with E-state index in [-0.39, 0.29) is 129 Å². The van der Waals surface area contributed by atoms with Crippen molar-refractivity contribution in [3.8, 4) is 0 Å². The van der Waals surface area contributed by atoms with Crippen LogP contribution in [0.15, 0.2) is 46.5 Å². The number of rotatable bonds is 27. The molecule has 13 atom stereocenters. The number of benzene rings is 1. The van der Waals surface area contributed by atoms with Crippen molar-refractivity contribution >= 4 is 119 Å². The minimum Gasteiger partial charge on any atom is -0.481 e. The fourth-order valence-corrected chi connectivity index (χ4v) is 13.3. The van der Waals surface area contributed by atoms with Gasteiger partial charge in [0.05, 0.1) is 44.9 Å². The number of carboxylic acids is 1. The molecule has 0 bridgehead atoms. The van der Waals surface area contributed by atoms with E-state index in [9.17, 15) is 57.7 Å². The molecule has 4 aromatic heterocycles. The number of halogens is 1. The van der Waals surface area contributed by atoms with Gasteiger partial charge in [-0.3, -0.25) is 61.7 Å². The number of aromatic amines is 2. The number of Topliss-reactive ketones (excluding diaryl/α,β-unsaturated/α-hetero) is 3. The predicted molar refractivity (Wildman–Crippen MR) is 334 cm³/mol. The van der Waals surface area contributed by atoms with E-state index in [1.165, 1.54) is 14.0 Å². The van der Waals surface area contributed by atoms with Crippen molar-refractivity contribution in [3.63, 3.8) is 0 Å². The number of likely N-dealkylation sites (N-methyl/N-ethyl adjacent to an activating group) is 1. The van der Waals surface area contributed by atoms with Crippen LogP contribution in [0.3, 0.4) is 0 Å². The molecule has 3 unspecified atom stereocenters. The number of carboxylic acid groups (broad SMARTS) is 1. The molecule has 3 aliphatic rings. The van der Waals surface area contributed by atoms with Gasteiger partial charge in [0, 0.05) is 51.1 Å². The smallest absolute Gasteiger partial charge is 0.481 e. The maximum Gasteiger partial charge on any atom is 0.508 e. The number of aliphatic carboxylic acids is 1. The SMILES string of the molecule is CC(CC(=O)O)C(=O)CCCC(=O)C[C@H](C(=O)N[C@@H](CCCNC(N)=O)C(=O)Cc1ccc(COC(=O)N(C)CCOC(=O)O[C@@H]2[C@@H]3OP(O)(=S)OC[C@H]4O[C@@H](n5cnc6c(=O)[nH]c(N)nc65)[C@H](F)[C@@H]4OP(O)(=S)OC[C@H]3O[C@H]2n2cnc3c(=O)[nH]c(N)nc32)cc1)C(C)C. The number of alkyl halides is 1. The first-order chi connectivity index (χ1) is 44.9. The molecule has 3 saturated heterocycles. The summed E-state index contributed by atoms with van der Waals surface area (Å²) in [5.41, 5.74) is 15.5. The number of H-pyrrole nitrogens is 2. The van der Waals surface area contributed by atoms with Crippen LogP contribution in [0.5, 0.6) is 0 Å². The van der Waals surface area contributed by atoms with Crippen molar-refractivity contribution in [1.29, 1.82) is 0 Å². The first-order valence-corrected chi connectivity index (χ1v) is 34.7. The number of ketones is 3. The van der Waals surface area contributed by atoms with Crippen LogP contribution in [-0.4, -0.2) is 189 Å². The molecule has 13 N–H and O–H groups in total. The Bertz CT molecular complexity index is 3900. The van der Waals surface area contributed by atoms with Gasteiger partial charge in [0.25, 0.3) is 11.1 Å². The summed E-state index contributed by atoms with van der Waals surface area (Å²) in [6.45, 7) is -6.72. The molecule has 0 saturated carbocycles. The zero-order valence-electron chi connectivity index (χ0n) is 51.3. The summed E-state index contributed by atoms with van der Waals surface area (Å²) in [6, 6.07) is 4.63. The van der Waals surface area contributed by atoms with Gasteiger partial charge in [-0.05, 0) is 59.9 Å². The van der Waals surface area contributed by atoms with E-state index in [0.29, 0.717) is 11.1 Å². The van der Waals surface area contributed by atoms with Gasteiger partial charge in [0.15, 0.2) is 52.8 Å². The number of nitrogen functional groups attached to an aromatic ring is 2. The monoisotopic (exact) mass is 1410 g/mol. The first-order valence-electron chi connectivity index (χ1n) is 29.5. The van der Waals surface area contributed by atoms with Crippen molar-refractivity contribution in [3.05, 3.63) is 68.8 Å².